The summed E-state index contributed by atoms with van der Waals surface area (Å²) in [5, 5.41) is 6.29. The number of imidazole rings is 1. The fourth-order valence-electron chi connectivity index (χ4n) is 3.07. The predicted molar refractivity (Wildman–Crippen MR) is 99.3 cm³/mol. The summed E-state index contributed by atoms with van der Waals surface area (Å²) in [5.41, 5.74) is 1.13. The van der Waals surface area contributed by atoms with Crippen LogP contribution in [0.15, 0.2) is 26.8 Å². The first-order valence-corrected chi connectivity index (χ1v) is 8.48. The molecule has 0 saturated carbocycles. The number of rotatable bonds is 4. The molecule has 0 atom stereocenters. The van der Waals surface area contributed by atoms with Gasteiger partial charge in [0, 0.05) is 13.6 Å². The summed E-state index contributed by atoms with van der Waals surface area (Å²) < 4.78 is 4.62. The molecule has 1 aliphatic rings. The van der Waals surface area contributed by atoms with Crippen molar-refractivity contribution in [2.45, 2.75) is 40.8 Å². The summed E-state index contributed by atoms with van der Waals surface area (Å²) in [7, 11) is 1.66. The van der Waals surface area contributed by atoms with Gasteiger partial charge >= 0.3 is 5.69 Å². The zero-order valence-corrected chi connectivity index (χ0v) is 15.4. The van der Waals surface area contributed by atoms with E-state index in [0.29, 0.717) is 36.7 Å². The van der Waals surface area contributed by atoms with Gasteiger partial charge in [-0.25, -0.2) is 9.80 Å². The van der Waals surface area contributed by atoms with E-state index in [4.69, 9.17) is 0 Å². The summed E-state index contributed by atoms with van der Waals surface area (Å²) in [6.07, 6.45) is 3.92. The molecular formula is C17H24N6O2. The largest absolute Gasteiger partial charge is 0.332 e. The number of aromatic nitrogens is 4. The third-order valence-electron chi connectivity index (χ3n) is 4.18. The van der Waals surface area contributed by atoms with E-state index in [1.807, 2.05) is 44.4 Å². The highest BCUT2D eigenvalue weighted by Crippen LogP contribution is 2.23. The van der Waals surface area contributed by atoms with Crippen LogP contribution in [-0.4, -0.2) is 30.9 Å². The van der Waals surface area contributed by atoms with Gasteiger partial charge in [0.15, 0.2) is 11.2 Å². The van der Waals surface area contributed by atoms with Crippen molar-refractivity contribution in [3.63, 3.8) is 0 Å². The lowest BCUT2D eigenvalue weighted by atomic mass is 10.2. The number of hydrogen-bond acceptors (Lipinski definition) is 5. The standard InChI is InChI=1S/C17H24N6O2/c1-6-7-8-23-16-18-14-13(21(16)10-12(4)19-23)15(24)22(9-11(2)3)17(25)20(14)5/h6-7,11H,8-10H2,1-5H3. The van der Waals surface area contributed by atoms with Crippen LogP contribution in [0.2, 0.25) is 0 Å². The number of hydrazone groups is 1. The molecule has 2 aromatic heterocycles. The molecule has 0 aliphatic carbocycles. The second-order valence-corrected chi connectivity index (χ2v) is 6.81. The molecule has 134 valence electrons. The fraction of sp³-hybridized carbons (Fsp3) is 0.529. The summed E-state index contributed by atoms with van der Waals surface area (Å²) in [5.74, 6) is 0.786. The Bertz CT molecular complexity index is 989. The van der Waals surface area contributed by atoms with E-state index in [1.165, 1.54) is 9.13 Å². The Morgan fingerprint density at radius 3 is 2.64 bits per heavy atom. The minimum Gasteiger partial charge on any atom is -0.297 e. The molecular weight excluding hydrogens is 320 g/mol. The molecule has 25 heavy (non-hydrogen) atoms. The van der Waals surface area contributed by atoms with E-state index in [9.17, 15) is 9.59 Å². The van der Waals surface area contributed by atoms with Crippen molar-refractivity contribution in [1.29, 1.82) is 0 Å². The van der Waals surface area contributed by atoms with E-state index >= 15 is 0 Å². The minimum atomic E-state index is -0.334. The van der Waals surface area contributed by atoms with Crippen LogP contribution in [-0.2, 0) is 20.1 Å². The van der Waals surface area contributed by atoms with Gasteiger partial charge in [0.1, 0.15) is 0 Å². The maximum Gasteiger partial charge on any atom is 0.332 e. The monoisotopic (exact) mass is 344 g/mol. The highest BCUT2D eigenvalue weighted by atomic mass is 16.2. The molecule has 3 rings (SSSR count). The quantitative estimate of drug-likeness (QED) is 0.784. The summed E-state index contributed by atoms with van der Waals surface area (Å²) in [6.45, 7) is 9.27. The maximum absolute atomic E-state index is 13.0. The van der Waals surface area contributed by atoms with E-state index < -0.39 is 0 Å². The zero-order valence-electron chi connectivity index (χ0n) is 15.4. The van der Waals surface area contributed by atoms with Gasteiger partial charge in [-0.15, -0.1) is 0 Å². The normalized spacial score (nSPS) is 14.6. The molecule has 3 heterocycles. The first-order chi connectivity index (χ1) is 11.8. The summed E-state index contributed by atoms with van der Waals surface area (Å²) in [6, 6.07) is 0. The van der Waals surface area contributed by atoms with Crippen molar-refractivity contribution in [2.75, 3.05) is 11.6 Å². The second-order valence-electron chi connectivity index (χ2n) is 6.81. The zero-order chi connectivity index (χ0) is 18.3. The third kappa shape index (κ3) is 2.81. The van der Waals surface area contributed by atoms with Gasteiger partial charge in [-0.3, -0.25) is 18.5 Å². The lowest BCUT2D eigenvalue weighted by Crippen LogP contribution is -2.41. The number of hydrogen-bond donors (Lipinski definition) is 0. The van der Waals surface area contributed by atoms with Crippen LogP contribution in [0, 0.1) is 5.92 Å². The van der Waals surface area contributed by atoms with Crippen LogP contribution in [0.3, 0.4) is 0 Å². The topological polar surface area (TPSA) is 77.4 Å². The van der Waals surface area contributed by atoms with Crippen molar-refractivity contribution in [1.82, 2.24) is 18.7 Å². The molecule has 8 heteroatoms. The smallest absolute Gasteiger partial charge is 0.297 e. The fourth-order valence-corrected chi connectivity index (χ4v) is 3.07. The predicted octanol–water partition coefficient (Wildman–Crippen LogP) is 1.32. The van der Waals surface area contributed by atoms with Crippen molar-refractivity contribution >= 4 is 22.8 Å². The molecule has 2 aromatic rings. The molecule has 0 N–H and O–H groups in total. The van der Waals surface area contributed by atoms with Crippen LogP contribution in [0.4, 0.5) is 5.95 Å². The number of anilines is 1. The van der Waals surface area contributed by atoms with Crippen molar-refractivity contribution in [3.8, 4) is 0 Å². The van der Waals surface area contributed by atoms with Crippen LogP contribution in [0.25, 0.3) is 11.2 Å². The molecule has 0 fully saturated rings. The molecule has 8 nitrogen and oxygen atoms in total. The molecule has 0 unspecified atom stereocenters. The van der Waals surface area contributed by atoms with Gasteiger partial charge in [-0.05, 0) is 19.8 Å². The Balaban J connectivity index is 2.30. The molecule has 0 bridgehead atoms. The second kappa shape index (κ2) is 6.34. The SMILES string of the molecule is CC=CCN1N=C(C)Cn2c1nc1c2c(=O)n(CC(C)C)c(=O)n1C. The van der Waals surface area contributed by atoms with Gasteiger partial charge in [0.25, 0.3) is 5.56 Å². The Labute approximate surface area is 145 Å². The van der Waals surface area contributed by atoms with E-state index in [1.54, 1.807) is 12.1 Å². The summed E-state index contributed by atoms with van der Waals surface area (Å²) in [4.78, 5) is 30.2. The van der Waals surface area contributed by atoms with E-state index in [0.717, 1.165) is 5.71 Å². The Hall–Kier alpha value is -2.64. The van der Waals surface area contributed by atoms with Gasteiger partial charge in [0.05, 0.1) is 18.8 Å². The molecule has 0 amide bonds. The van der Waals surface area contributed by atoms with E-state index in [2.05, 4.69) is 10.1 Å². The number of allylic oxidation sites excluding steroid dienone is 1. The van der Waals surface area contributed by atoms with Crippen LogP contribution in [0.1, 0.15) is 27.7 Å². The minimum absolute atomic E-state index is 0.195. The van der Waals surface area contributed by atoms with Crippen LogP contribution >= 0.6 is 0 Å². The molecule has 0 aromatic carbocycles. The average molecular weight is 344 g/mol. The molecule has 1 aliphatic heterocycles. The first-order valence-electron chi connectivity index (χ1n) is 8.48. The highest BCUT2D eigenvalue weighted by Gasteiger charge is 2.26. The van der Waals surface area contributed by atoms with Crippen molar-refractivity contribution < 1.29 is 0 Å². The molecule has 0 radical (unpaired) electrons. The highest BCUT2D eigenvalue weighted by molar-refractivity contribution is 5.87. The summed E-state index contributed by atoms with van der Waals surface area (Å²) >= 11 is 0. The van der Waals surface area contributed by atoms with Crippen LogP contribution in [0.5, 0.6) is 0 Å². The average Bonchev–Trinajstić information content (AvgIpc) is 2.94. The van der Waals surface area contributed by atoms with Crippen molar-refractivity contribution in [3.05, 3.63) is 33.0 Å². The Kier molecular flexibility index (Phi) is 4.36. The third-order valence-corrected chi connectivity index (χ3v) is 4.18. The Morgan fingerprint density at radius 2 is 2.00 bits per heavy atom. The Morgan fingerprint density at radius 1 is 1.28 bits per heavy atom. The first kappa shape index (κ1) is 17.2. The van der Waals surface area contributed by atoms with Crippen LogP contribution < -0.4 is 16.3 Å². The molecule has 0 spiro atoms. The van der Waals surface area contributed by atoms with E-state index in [-0.39, 0.29) is 17.2 Å². The van der Waals surface area contributed by atoms with Gasteiger partial charge in [0.2, 0.25) is 5.95 Å². The maximum atomic E-state index is 13.0. The lowest BCUT2D eigenvalue weighted by molar-refractivity contribution is 0.484. The number of aryl methyl sites for hydroxylation is 1. The number of nitrogens with zero attached hydrogens (tertiary/aromatic N) is 6. The van der Waals surface area contributed by atoms with Gasteiger partial charge in [-0.1, -0.05) is 26.0 Å². The van der Waals surface area contributed by atoms with Crippen molar-refractivity contribution in [2.24, 2.45) is 18.1 Å². The number of fused-ring (bicyclic) bond motifs is 3. The van der Waals surface area contributed by atoms with Gasteiger partial charge < -0.3 is 0 Å². The van der Waals surface area contributed by atoms with Gasteiger partial charge in [-0.2, -0.15) is 10.1 Å². The lowest BCUT2D eigenvalue weighted by Gasteiger charge is -2.23. The molecule has 0 saturated heterocycles.